The zero-order valence-corrected chi connectivity index (χ0v) is 21.3. The Morgan fingerprint density at radius 2 is 1.00 bits per heavy atom. The molecule has 196 valence electrons. The van der Waals surface area contributed by atoms with Crippen molar-refractivity contribution in [2.24, 2.45) is 0 Å². The molecule has 4 aromatic carbocycles. The van der Waals surface area contributed by atoms with Crippen molar-refractivity contribution < 1.29 is 24.1 Å². The number of hydrogen-bond acceptors (Lipinski definition) is 5. The van der Waals surface area contributed by atoms with Crippen molar-refractivity contribution in [1.29, 1.82) is 0 Å². The van der Waals surface area contributed by atoms with Crippen LogP contribution in [0.25, 0.3) is 0 Å². The highest BCUT2D eigenvalue weighted by atomic mass is 16.6. The van der Waals surface area contributed by atoms with Gasteiger partial charge in [0.25, 0.3) is 0 Å². The van der Waals surface area contributed by atoms with Crippen LogP contribution in [0.3, 0.4) is 0 Å². The topological polar surface area (TPSA) is 57.2 Å². The molecule has 0 bridgehead atoms. The average Bonchev–Trinajstić information content (AvgIpc) is 2.98. The minimum Gasteiger partial charge on any atom is -0.387 e. The van der Waals surface area contributed by atoms with E-state index in [9.17, 15) is 5.11 Å². The van der Waals surface area contributed by atoms with Crippen LogP contribution in [0, 0.1) is 0 Å². The summed E-state index contributed by atoms with van der Waals surface area (Å²) in [4.78, 5) is 0. The molecule has 1 aliphatic heterocycles. The molecule has 38 heavy (non-hydrogen) atoms. The number of aliphatic hydroxyl groups is 1. The van der Waals surface area contributed by atoms with Crippen LogP contribution in [-0.4, -0.2) is 36.1 Å². The first-order valence-electron chi connectivity index (χ1n) is 13.1. The third-order valence-electron chi connectivity index (χ3n) is 6.75. The quantitative estimate of drug-likeness (QED) is 0.273. The molecule has 5 atom stereocenters. The second-order valence-electron chi connectivity index (χ2n) is 9.52. The van der Waals surface area contributed by atoms with Gasteiger partial charge in [0.05, 0.1) is 26.4 Å². The fourth-order valence-electron chi connectivity index (χ4n) is 4.77. The third-order valence-corrected chi connectivity index (χ3v) is 6.75. The van der Waals surface area contributed by atoms with Crippen molar-refractivity contribution in [3.63, 3.8) is 0 Å². The molecule has 5 rings (SSSR count). The van der Waals surface area contributed by atoms with Crippen molar-refractivity contribution >= 4 is 0 Å². The van der Waals surface area contributed by atoms with Crippen molar-refractivity contribution in [1.82, 2.24) is 0 Å². The van der Waals surface area contributed by atoms with E-state index in [0.29, 0.717) is 26.4 Å². The number of benzene rings is 4. The van der Waals surface area contributed by atoms with Gasteiger partial charge in [-0.05, 0) is 22.3 Å². The molecule has 0 aliphatic carbocycles. The molecule has 0 radical (unpaired) electrons. The monoisotopic (exact) mass is 510 g/mol. The van der Waals surface area contributed by atoms with Crippen molar-refractivity contribution in [2.75, 3.05) is 6.61 Å². The number of ether oxygens (including phenoxy) is 4. The second-order valence-corrected chi connectivity index (χ2v) is 9.52. The maximum absolute atomic E-state index is 11.6. The molecular weight excluding hydrogens is 476 g/mol. The van der Waals surface area contributed by atoms with Gasteiger partial charge in [-0.1, -0.05) is 121 Å². The number of aliphatic hydroxyl groups excluding tert-OH is 1. The molecule has 1 aliphatic rings. The predicted molar refractivity (Wildman–Crippen MR) is 146 cm³/mol. The van der Waals surface area contributed by atoms with Crippen LogP contribution >= 0.6 is 0 Å². The highest BCUT2D eigenvalue weighted by molar-refractivity contribution is 5.21. The maximum Gasteiger partial charge on any atom is 0.115 e. The Bertz CT molecular complexity index is 1200. The Morgan fingerprint density at radius 3 is 1.53 bits per heavy atom. The summed E-state index contributed by atoms with van der Waals surface area (Å²) in [6.07, 6.45) is -3.10. The molecule has 1 N–H and O–H groups in total. The van der Waals surface area contributed by atoms with Gasteiger partial charge in [-0.15, -0.1) is 0 Å². The first kappa shape index (κ1) is 26.3. The van der Waals surface area contributed by atoms with Gasteiger partial charge in [0.15, 0.2) is 0 Å². The molecule has 0 unspecified atom stereocenters. The molecule has 0 spiro atoms. The van der Waals surface area contributed by atoms with Crippen LogP contribution < -0.4 is 0 Å². The summed E-state index contributed by atoms with van der Waals surface area (Å²) in [5, 5.41) is 11.6. The number of hydrogen-bond donors (Lipinski definition) is 1. The molecule has 1 saturated heterocycles. The Balaban J connectivity index is 1.39. The van der Waals surface area contributed by atoms with E-state index < -0.39 is 30.5 Å². The molecule has 0 saturated carbocycles. The molecule has 4 aromatic rings. The van der Waals surface area contributed by atoms with Crippen LogP contribution in [0.15, 0.2) is 121 Å². The second kappa shape index (κ2) is 13.5. The normalized spacial score (nSPS) is 23.2. The van der Waals surface area contributed by atoms with Gasteiger partial charge < -0.3 is 24.1 Å². The van der Waals surface area contributed by atoms with Gasteiger partial charge in [0.2, 0.25) is 0 Å². The minimum absolute atomic E-state index is 0.301. The van der Waals surface area contributed by atoms with Gasteiger partial charge >= 0.3 is 0 Å². The van der Waals surface area contributed by atoms with E-state index in [1.807, 2.05) is 121 Å². The third kappa shape index (κ3) is 6.95. The SMILES string of the molecule is O[C@H]1[C@@H](OCc2ccccc2)[C@H](OCc2ccccc2)[C@@H](COCc2ccccc2)O[C@@H]1c1ccccc1. The van der Waals surface area contributed by atoms with Crippen LogP contribution in [0.5, 0.6) is 0 Å². The molecular formula is C33H34O5. The highest BCUT2D eigenvalue weighted by Crippen LogP contribution is 2.36. The lowest BCUT2D eigenvalue weighted by Crippen LogP contribution is -2.57. The van der Waals surface area contributed by atoms with Gasteiger partial charge in [-0.25, -0.2) is 0 Å². The average molecular weight is 511 g/mol. The van der Waals surface area contributed by atoms with E-state index in [4.69, 9.17) is 18.9 Å². The fraction of sp³-hybridized carbons (Fsp3) is 0.273. The molecule has 1 heterocycles. The molecule has 1 fully saturated rings. The summed E-state index contributed by atoms with van der Waals surface area (Å²) in [7, 11) is 0. The van der Waals surface area contributed by atoms with E-state index in [-0.39, 0.29) is 0 Å². The Morgan fingerprint density at radius 1 is 0.553 bits per heavy atom. The summed E-state index contributed by atoms with van der Waals surface area (Å²) in [6.45, 7) is 1.49. The van der Waals surface area contributed by atoms with Gasteiger partial charge in [-0.3, -0.25) is 0 Å². The van der Waals surface area contributed by atoms with Crippen LogP contribution in [0.2, 0.25) is 0 Å². The summed E-state index contributed by atoms with van der Waals surface area (Å²) in [5.41, 5.74) is 4.04. The number of rotatable bonds is 11. The van der Waals surface area contributed by atoms with Crippen LogP contribution in [0.1, 0.15) is 28.4 Å². The lowest BCUT2D eigenvalue weighted by Gasteiger charge is -2.44. The lowest BCUT2D eigenvalue weighted by atomic mass is 9.90. The Hall–Kier alpha value is -3.32. The Kier molecular flexibility index (Phi) is 9.32. The van der Waals surface area contributed by atoms with E-state index in [1.165, 1.54) is 0 Å². The first-order chi connectivity index (χ1) is 18.8. The largest absolute Gasteiger partial charge is 0.387 e. The lowest BCUT2D eigenvalue weighted by molar-refractivity contribution is -0.263. The predicted octanol–water partition coefficient (Wildman–Crippen LogP) is 5.88. The molecule has 5 nitrogen and oxygen atoms in total. The van der Waals surface area contributed by atoms with E-state index in [0.717, 1.165) is 22.3 Å². The zero-order valence-electron chi connectivity index (χ0n) is 21.3. The van der Waals surface area contributed by atoms with E-state index >= 15 is 0 Å². The van der Waals surface area contributed by atoms with Crippen molar-refractivity contribution in [2.45, 2.75) is 50.3 Å². The molecule has 0 amide bonds. The fourth-order valence-corrected chi connectivity index (χ4v) is 4.77. The minimum atomic E-state index is -0.924. The standard InChI is InChI=1S/C33H34O5/c34-30-31(28-19-11-4-12-20-28)38-29(24-35-21-25-13-5-1-6-14-25)32(36-22-26-15-7-2-8-16-26)33(30)37-23-27-17-9-3-10-18-27/h1-20,29-34H,21-24H2/t29-,30-,31-,32-,33-/m1/s1. The first-order valence-corrected chi connectivity index (χ1v) is 13.1. The summed E-state index contributed by atoms with van der Waals surface area (Å²) >= 11 is 0. The zero-order chi connectivity index (χ0) is 26.0. The summed E-state index contributed by atoms with van der Waals surface area (Å²) in [5.74, 6) is 0. The van der Waals surface area contributed by atoms with Crippen molar-refractivity contribution in [3.05, 3.63) is 144 Å². The summed E-state index contributed by atoms with van der Waals surface area (Å²) < 4.78 is 25.5. The van der Waals surface area contributed by atoms with Gasteiger partial charge in [-0.2, -0.15) is 0 Å². The highest BCUT2D eigenvalue weighted by Gasteiger charge is 2.47. The van der Waals surface area contributed by atoms with Crippen LogP contribution in [0.4, 0.5) is 0 Å². The smallest absolute Gasteiger partial charge is 0.115 e. The van der Waals surface area contributed by atoms with Crippen LogP contribution in [-0.2, 0) is 38.8 Å². The molecule has 5 heteroatoms. The summed E-state index contributed by atoms with van der Waals surface area (Å²) in [6, 6.07) is 39.8. The van der Waals surface area contributed by atoms with Crippen molar-refractivity contribution in [3.8, 4) is 0 Å². The van der Waals surface area contributed by atoms with Gasteiger partial charge in [0, 0.05) is 0 Å². The van der Waals surface area contributed by atoms with E-state index in [2.05, 4.69) is 0 Å². The maximum atomic E-state index is 11.6. The van der Waals surface area contributed by atoms with E-state index in [1.54, 1.807) is 0 Å². The van der Waals surface area contributed by atoms with Gasteiger partial charge in [0.1, 0.15) is 30.5 Å². The molecule has 0 aromatic heterocycles. The Labute approximate surface area is 224 Å².